The average molecular weight is 326 g/mol. The smallest absolute Gasteiger partial charge is 0.142 e. The molecule has 100 valence electrons. The van der Waals surface area contributed by atoms with Crippen molar-refractivity contribution in [3.63, 3.8) is 0 Å². The van der Waals surface area contributed by atoms with E-state index in [0.717, 1.165) is 5.56 Å². The van der Waals surface area contributed by atoms with Crippen molar-refractivity contribution in [1.82, 2.24) is 0 Å². The minimum absolute atomic E-state index is 0.266. The number of anilines is 1. The van der Waals surface area contributed by atoms with Gasteiger partial charge in [0.15, 0.2) is 0 Å². The van der Waals surface area contributed by atoms with Crippen LogP contribution in [0.5, 0.6) is 11.5 Å². The van der Waals surface area contributed by atoms with Crippen molar-refractivity contribution < 1.29 is 13.9 Å². The highest BCUT2D eigenvalue weighted by Crippen LogP contribution is 2.26. The Bertz CT molecular complexity index is 569. The maximum atomic E-state index is 13.2. The van der Waals surface area contributed by atoms with Gasteiger partial charge in [-0.25, -0.2) is 4.39 Å². The summed E-state index contributed by atoms with van der Waals surface area (Å²) in [6.45, 7) is 0.266. The molecule has 0 bridgehead atoms. The first kappa shape index (κ1) is 13.7. The van der Waals surface area contributed by atoms with Crippen LogP contribution in [0.2, 0.25) is 0 Å². The fourth-order valence-corrected chi connectivity index (χ4v) is 2.18. The first-order chi connectivity index (χ1) is 9.08. The Kier molecular flexibility index (Phi) is 4.27. The molecule has 0 spiro atoms. The highest BCUT2D eigenvalue weighted by Gasteiger charge is 2.03. The molecule has 2 aromatic rings. The van der Waals surface area contributed by atoms with Gasteiger partial charge in [0, 0.05) is 10.5 Å². The van der Waals surface area contributed by atoms with Crippen LogP contribution in [0.25, 0.3) is 0 Å². The SMILES string of the molecule is COc1ccc(OCc2cc(F)cc(Br)c2)cc1N. The minimum atomic E-state index is -0.304. The molecular formula is C14H13BrFNO2. The summed E-state index contributed by atoms with van der Waals surface area (Å²) in [5, 5.41) is 0. The van der Waals surface area contributed by atoms with E-state index in [4.69, 9.17) is 15.2 Å². The van der Waals surface area contributed by atoms with Gasteiger partial charge in [-0.1, -0.05) is 15.9 Å². The van der Waals surface area contributed by atoms with Crippen LogP contribution < -0.4 is 15.2 Å². The van der Waals surface area contributed by atoms with Crippen LogP contribution in [-0.4, -0.2) is 7.11 Å². The number of benzene rings is 2. The number of hydrogen-bond donors (Lipinski definition) is 1. The molecule has 0 saturated heterocycles. The fourth-order valence-electron chi connectivity index (χ4n) is 1.66. The largest absolute Gasteiger partial charge is 0.495 e. The van der Waals surface area contributed by atoms with E-state index in [1.807, 2.05) is 0 Å². The monoisotopic (exact) mass is 325 g/mol. The van der Waals surface area contributed by atoms with Gasteiger partial charge in [0.1, 0.15) is 23.9 Å². The number of nitrogens with two attached hydrogens (primary N) is 1. The summed E-state index contributed by atoms with van der Waals surface area (Å²) in [6, 6.07) is 9.78. The van der Waals surface area contributed by atoms with Crippen LogP contribution >= 0.6 is 15.9 Å². The molecular weight excluding hydrogens is 313 g/mol. The second-order valence-electron chi connectivity index (χ2n) is 3.97. The second-order valence-corrected chi connectivity index (χ2v) is 4.89. The van der Waals surface area contributed by atoms with Crippen molar-refractivity contribution in [2.75, 3.05) is 12.8 Å². The van der Waals surface area contributed by atoms with Crippen LogP contribution in [0.3, 0.4) is 0 Å². The van der Waals surface area contributed by atoms with E-state index >= 15 is 0 Å². The normalized spacial score (nSPS) is 10.3. The Morgan fingerprint density at radius 3 is 2.63 bits per heavy atom. The van der Waals surface area contributed by atoms with E-state index < -0.39 is 0 Å². The molecule has 2 N–H and O–H groups in total. The van der Waals surface area contributed by atoms with Gasteiger partial charge < -0.3 is 15.2 Å². The number of hydrogen-bond acceptors (Lipinski definition) is 3. The van der Waals surface area contributed by atoms with E-state index in [0.29, 0.717) is 21.7 Å². The van der Waals surface area contributed by atoms with Crippen molar-refractivity contribution >= 4 is 21.6 Å². The zero-order chi connectivity index (χ0) is 13.8. The van der Waals surface area contributed by atoms with Gasteiger partial charge in [-0.05, 0) is 35.9 Å². The van der Waals surface area contributed by atoms with E-state index in [-0.39, 0.29) is 12.4 Å². The topological polar surface area (TPSA) is 44.5 Å². The predicted octanol–water partition coefficient (Wildman–Crippen LogP) is 3.76. The Labute approximate surface area is 119 Å². The third-order valence-corrected chi connectivity index (χ3v) is 2.99. The molecule has 5 heteroatoms. The zero-order valence-electron chi connectivity index (χ0n) is 10.3. The van der Waals surface area contributed by atoms with Crippen molar-refractivity contribution in [3.8, 4) is 11.5 Å². The fraction of sp³-hybridized carbons (Fsp3) is 0.143. The lowest BCUT2D eigenvalue weighted by Gasteiger charge is -2.09. The molecule has 0 amide bonds. The van der Waals surface area contributed by atoms with Gasteiger partial charge in [-0.3, -0.25) is 0 Å². The molecule has 2 rings (SSSR count). The molecule has 0 aliphatic rings. The maximum Gasteiger partial charge on any atom is 0.142 e. The van der Waals surface area contributed by atoms with Crippen LogP contribution in [0.15, 0.2) is 40.9 Å². The summed E-state index contributed by atoms with van der Waals surface area (Å²) in [6.07, 6.45) is 0. The molecule has 0 aromatic heterocycles. The molecule has 0 fully saturated rings. The Morgan fingerprint density at radius 2 is 2.00 bits per heavy atom. The molecule has 0 aliphatic carbocycles. The summed E-state index contributed by atoms with van der Waals surface area (Å²) in [5.74, 6) is 0.904. The number of ether oxygens (including phenoxy) is 2. The first-order valence-corrected chi connectivity index (χ1v) is 6.39. The third-order valence-electron chi connectivity index (χ3n) is 2.53. The summed E-state index contributed by atoms with van der Waals surface area (Å²) < 4.78 is 24.5. The van der Waals surface area contributed by atoms with Crippen LogP contribution in [0.1, 0.15) is 5.56 Å². The number of rotatable bonds is 4. The van der Waals surface area contributed by atoms with Crippen molar-refractivity contribution in [1.29, 1.82) is 0 Å². The summed E-state index contributed by atoms with van der Waals surface area (Å²) in [5.41, 5.74) is 7.01. The molecule has 19 heavy (non-hydrogen) atoms. The lowest BCUT2D eigenvalue weighted by atomic mass is 10.2. The van der Waals surface area contributed by atoms with Gasteiger partial charge in [0.05, 0.1) is 12.8 Å². The standard InChI is InChI=1S/C14H13BrFNO2/c1-18-14-3-2-12(7-13(14)17)19-8-9-4-10(15)6-11(16)5-9/h2-7H,8,17H2,1H3. The van der Waals surface area contributed by atoms with Crippen molar-refractivity contribution in [3.05, 3.63) is 52.3 Å². The minimum Gasteiger partial charge on any atom is -0.495 e. The van der Waals surface area contributed by atoms with Gasteiger partial charge in [0.25, 0.3) is 0 Å². The number of nitrogen functional groups attached to an aromatic ring is 1. The van der Waals surface area contributed by atoms with Gasteiger partial charge in [0.2, 0.25) is 0 Å². The predicted molar refractivity (Wildman–Crippen MR) is 75.8 cm³/mol. The second kappa shape index (κ2) is 5.93. The number of methoxy groups -OCH3 is 1. The molecule has 2 aromatic carbocycles. The molecule has 0 atom stereocenters. The molecule has 0 radical (unpaired) electrons. The summed E-state index contributed by atoms with van der Waals surface area (Å²) >= 11 is 3.24. The quantitative estimate of drug-likeness (QED) is 0.870. The van der Waals surface area contributed by atoms with Crippen molar-refractivity contribution in [2.45, 2.75) is 6.61 Å². The summed E-state index contributed by atoms with van der Waals surface area (Å²) in [7, 11) is 1.55. The zero-order valence-corrected chi connectivity index (χ0v) is 11.9. The van der Waals surface area contributed by atoms with E-state index in [9.17, 15) is 4.39 Å². The van der Waals surface area contributed by atoms with E-state index in [2.05, 4.69) is 15.9 Å². The van der Waals surface area contributed by atoms with Crippen molar-refractivity contribution in [2.24, 2.45) is 0 Å². The third kappa shape index (κ3) is 3.61. The molecule has 0 heterocycles. The first-order valence-electron chi connectivity index (χ1n) is 5.60. The van der Waals surface area contributed by atoms with Gasteiger partial charge >= 0.3 is 0 Å². The maximum absolute atomic E-state index is 13.2. The average Bonchev–Trinajstić information content (AvgIpc) is 2.35. The highest BCUT2D eigenvalue weighted by atomic mass is 79.9. The van der Waals surface area contributed by atoms with Gasteiger partial charge in [-0.15, -0.1) is 0 Å². The van der Waals surface area contributed by atoms with Crippen LogP contribution in [0, 0.1) is 5.82 Å². The molecule has 0 aliphatic heterocycles. The van der Waals surface area contributed by atoms with Gasteiger partial charge in [-0.2, -0.15) is 0 Å². The van der Waals surface area contributed by atoms with E-state index in [1.54, 1.807) is 31.4 Å². The molecule has 0 unspecified atom stereocenters. The highest BCUT2D eigenvalue weighted by molar-refractivity contribution is 9.10. The lowest BCUT2D eigenvalue weighted by molar-refractivity contribution is 0.305. The van der Waals surface area contributed by atoms with E-state index in [1.165, 1.54) is 12.1 Å². The van der Waals surface area contributed by atoms with Crippen LogP contribution in [0.4, 0.5) is 10.1 Å². The number of halogens is 2. The summed E-state index contributed by atoms with van der Waals surface area (Å²) in [4.78, 5) is 0. The molecule has 3 nitrogen and oxygen atoms in total. The lowest BCUT2D eigenvalue weighted by Crippen LogP contribution is -1.98. The Balaban J connectivity index is 2.08. The van der Waals surface area contributed by atoms with Crippen LogP contribution in [-0.2, 0) is 6.61 Å². The Morgan fingerprint density at radius 1 is 1.21 bits per heavy atom. The molecule has 0 saturated carbocycles. The Hall–Kier alpha value is -1.75.